The van der Waals surface area contributed by atoms with Gasteiger partial charge in [0, 0.05) is 5.69 Å². The van der Waals surface area contributed by atoms with Crippen LogP contribution < -0.4 is 4.72 Å². The minimum absolute atomic E-state index is 0.0256. The second-order valence-electron chi connectivity index (χ2n) is 6.58. The van der Waals surface area contributed by atoms with Crippen LogP contribution in [0.2, 0.25) is 0 Å². The van der Waals surface area contributed by atoms with E-state index >= 15 is 0 Å². The summed E-state index contributed by atoms with van der Waals surface area (Å²) >= 11 is 0. The summed E-state index contributed by atoms with van der Waals surface area (Å²) < 4.78 is 91.3. The Bertz CT molecular complexity index is 1060. The van der Waals surface area contributed by atoms with Gasteiger partial charge in [-0.25, -0.2) is 16.8 Å². The molecule has 1 aliphatic rings. The van der Waals surface area contributed by atoms with Crippen molar-refractivity contribution >= 4 is 25.5 Å². The fourth-order valence-electron chi connectivity index (χ4n) is 3.25. The maximum Gasteiger partial charge on any atom is 0.417 e. The predicted octanol–water partition coefficient (Wildman–Crippen LogP) is 4.22. The predicted molar refractivity (Wildman–Crippen MR) is 98.1 cm³/mol. The van der Waals surface area contributed by atoms with Gasteiger partial charge in [-0.1, -0.05) is 25.0 Å². The first-order valence-electron chi connectivity index (χ1n) is 8.55. The number of hydrogen-bond donors (Lipinski definition) is 1. The molecule has 0 aromatic heterocycles. The van der Waals surface area contributed by atoms with Crippen molar-refractivity contribution in [1.29, 1.82) is 0 Å². The molecule has 1 saturated carbocycles. The summed E-state index contributed by atoms with van der Waals surface area (Å²) in [5, 5.41) is -0.450. The fourth-order valence-corrected chi connectivity index (χ4v) is 6.39. The lowest BCUT2D eigenvalue weighted by molar-refractivity contribution is -0.139. The highest BCUT2D eigenvalue weighted by Gasteiger charge is 2.37. The average molecular weight is 433 g/mol. The third-order valence-electron chi connectivity index (χ3n) is 4.66. The molecular formula is C18H18F3NO4S2. The SMILES string of the molecule is O=S(=O)(Nc1ccc(S(=O)(=O)C2CCCC2)cc1)c1ccccc1C(F)(F)F. The molecule has 1 N–H and O–H groups in total. The zero-order valence-corrected chi connectivity index (χ0v) is 16.2. The molecule has 0 amide bonds. The molecule has 3 rings (SSSR count). The van der Waals surface area contributed by atoms with Gasteiger partial charge in [0.25, 0.3) is 10.0 Å². The lowest BCUT2D eigenvalue weighted by Crippen LogP contribution is -2.19. The van der Waals surface area contributed by atoms with Crippen LogP contribution in [0.3, 0.4) is 0 Å². The maximum atomic E-state index is 13.1. The van der Waals surface area contributed by atoms with Crippen LogP contribution in [-0.2, 0) is 26.0 Å². The topological polar surface area (TPSA) is 80.3 Å². The Kier molecular flexibility index (Phi) is 5.46. The summed E-state index contributed by atoms with van der Waals surface area (Å²) in [6.07, 6.45) is -1.96. The van der Waals surface area contributed by atoms with E-state index in [0.29, 0.717) is 18.9 Å². The number of alkyl halides is 3. The van der Waals surface area contributed by atoms with E-state index < -0.39 is 41.7 Å². The Balaban J connectivity index is 1.87. The molecule has 1 fully saturated rings. The van der Waals surface area contributed by atoms with Gasteiger partial charge < -0.3 is 0 Å². The Morgan fingerprint density at radius 3 is 2.00 bits per heavy atom. The minimum Gasteiger partial charge on any atom is -0.280 e. The zero-order valence-electron chi connectivity index (χ0n) is 14.6. The van der Waals surface area contributed by atoms with Crippen LogP contribution in [0, 0.1) is 0 Å². The molecule has 0 unspecified atom stereocenters. The van der Waals surface area contributed by atoms with Crippen molar-refractivity contribution in [2.24, 2.45) is 0 Å². The molecule has 10 heteroatoms. The molecule has 0 aliphatic heterocycles. The molecule has 152 valence electrons. The summed E-state index contributed by atoms with van der Waals surface area (Å²) in [5.74, 6) is 0. The van der Waals surface area contributed by atoms with Crippen LogP contribution in [0.4, 0.5) is 18.9 Å². The van der Waals surface area contributed by atoms with E-state index in [4.69, 9.17) is 0 Å². The number of nitrogens with one attached hydrogen (secondary N) is 1. The van der Waals surface area contributed by atoms with Crippen LogP contribution >= 0.6 is 0 Å². The second-order valence-corrected chi connectivity index (χ2v) is 10.5. The number of hydrogen-bond acceptors (Lipinski definition) is 4. The van der Waals surface area contributed by atoms with Crippen LogP contribution in [-0.4, -0.2) is 22.1 Å². The van der Waals surface area contributed by atoms with Crippen molar-refractivity contribution in [3.8, 4) is 0 Å². The molecule has 28 heavy (non-hydrogen) atoms. The summed E-state index contributed by atoms with van der Waals surface area (Å²) in [5.41, 5.74) is -1.30. The van der Waals surface area contributed by atoms with Gasteiger partial charge in [-0.15, -0.1) is 0 Å². The van der Waals surface area contributed by atoms with Crippen molar-refractivity contribution in [3.05, 3.63) is 54.1 Å². The van der Waals surface area contributed by atoms with Gasteiger partial charge in [-0.05, 0) is 49.2 Å². The number of halogens is 3. The minimum atomic E-state index is -4.83. The normalized spacial score (nSPS) is 16.2. The highest BCUT2D eigenvalue weighted by atomic mass is 32.2. The third-order valence-corrected chi connectivity index (χ3v) is 8.38. The maximum absolute atomic E-state index is 13.1. The number of anilines is 1. The van der Waals surface area contributed by atoms with Crippen LogP contribution in [0.15, 0.2) is 58.3 Å². The van der Waals surface area contributed by atoms with Gasteiger partial charge >= 0.3 is 6.18 Å². The largest absolute Gasteiger partial charge is 0.417 e. The van der Waals surface area contributed by atoms with E-state index in [-0.39, 0.29) is 10.6 Å². The summed E-state index contributed by atoms with van der Waals surface area (Å²) in [7, 11) is -8.01. The molecule has 0 saturated heterocycles. The highest BCUT2D eigenvalue weighted by molar-refractivity contribution is 7.93. The molecule has 0 spiro atoms. The Labute approximate surface area is 161 Å². The van der Waals surface area contributed by atoms with Crippen molar-refractivity contribution in [2.45, 2.75) is 46.9 Å². The van der Waals surface area contributed by atoms with Gasteiger partial charge in [-0.3, -0.25) is 4.72 Å². The quantitative estimate of drug-likeness (QED) is 0.766. The fraction of sp³-hybridized carbons (Fsp3) is 0.333. The van der Waals surface area contributed by atoms with Crippen molar-refractivity contribution < 1.29 is 30.0 Å². The average Bonchev–Trinajstić information content (AvgIpc) is 3.17. The first-order chi connectivity index (χ1) is 13.0. The third kappa shape index (κ3) is 4.17. The van der Waals surface area contributed by atoms with Gasteiger partial charge in [-0.2, -0.15) is 13.2 Å². The number of benzene rings is 2. The van der Waals surface area contributed by atoms with E-state index in [0.717, 1.165) is 25.0 Å². The lowest BCUT2D eigenvalue weighted by Gasteiger charge is -2.15. The summed E-state index contributed by atoms with van der Waals surface area (Å²) in [4.78, 5) is -0.830. The Hall–Kier alpha value is -2.07. The molecule has 5 nitrogen and oxygen atoms in total. The molecule has 2 aromatic carbocycles. The lowest BCUT2D eigenvalue weighted by atomic mass is 10.2. The number of sulfonamides is 1. The Morgan fingerprint density at radius 1 is 0.857 bits per heavy atom. The standard InChI is InChI=1S/C18H18F3NO4S2/c19-18(20,21)16-7-3-4-8-17(16)28(25,26)22-13-9-11-15(12-10-13)27(23,24)14-5-1-2-6-14/h3-4,7-12,14,22H,1-2,5-6H2. The molecule has 0 radical (unpaired) electrons. The van der Waals surface area contributed by atoms with Gasteiger partial charge in [0.2, 0.25) is 0 Å². The van der Waals surface area contributed by atoms with Crippen LogP contribution in [0.1, 0.15) is 31.2 Å². The molecule has 0 heterocycles. The summed E-state index contributed by atoms with van der Waals surface area (Å²) in [6.45, 7) is 0. The highest BCUT2D eigenvalue weighted by Crippen LogP contribution is 2.35. The molecular weight excluding hydrogens is 415 g/mol. The van der Waals surface area contributed by atoms with Gasteiger partial charge in [0.15, 0.2) is 9.84 Å². The molecule has 0 bridgehead atoms. The first kappa shape index (κ1) is 20.7. The molecule has 1 aliphatic carbocycles. The van der Waals surface area contributed by atoms with E-state index in [2.05, 4.69) is 4.72 Å². The van der Waals surface area contributed by atoms with Crippen molar-refractivity contribution in [1.82, 2.24) is 0 Å². The van der Waals surface area contributed by atoms with Crippen LogP contribution in [0.25, 0.3) is 0 Å². The van der Waals surface area contributed by atoms with E-state index in [1.54, 1.807) is 0 Å². The van der Waals surface area contributed by atoms with Crippen molar-refractivity contribution in [2.75, 3.05) is 4.72 Å². The van der Waals surface area contributed by atoms with E-state index in [9.17, 15) is 30.0 Å². The van der Waals surface area contributed by atoms with E-state index in [1.165, 1.54) is 30.3 Å². The second kappa shape index (κ2) is 7.40. The zero-order chi connectivity index (χ0) is 20.6. The summed E-state index contributed by atoms with van der Waals surface area (Å²) in [6, 6.07) is 8.84. The number of sulfone groups is 1. The van der Waals surface area contributed by atoms with Crippen LogP contribution in [0.5, 0.6) is 0 Å². The first-order valence-corrected chi connectivity index (χ1v) is 11.6. The molecule has 0 atom stereocenters. The van der Waals surface area contributed by atoms with E-state index in [1.807, 2.05) is 0 Å². The monoisotopic (exact) mass is 433 g/mol. The number of rotatable bonds is 5. The van der Waals surface area contributed by atoms with Gasteiger partial charge in [0.05, 0.1) is 20.6 Å². The smallest absolute Gasteiger partial charge is 0.280 e. The Morgan fingerprint density at radius 2 is 1.43 bits per heavy atom. The molecule has 2 aromatic rings. The van der Waals surface area contributed by atoms with Gasteiger partial charge in [0.1, 0.15) is 0 Å². The van der Waals surface area contributed by atoms with Crippen molar-refractivity contribution in [3.63, 3.8) is 0 Å².